The molecule has 0 spiro atoms. The fourth-order valence-corrected chi connectivity index (χ4v) is 6.16. The lowest BCUT2D eigenvalue weighted by Gasteiger charge is -2.26. The molecule has 2 aliphatic rings. The summed E-state index contributed by atoms with van der Waals surface area (Å²) in [6.07, 6.45) is 7.88. The van der Waals surface area contributed by atoms with Crippen LogP contribution in [0, 0.1) is 0 Å². The average molecular weight is 387 g/mol. The van der Waals surface area contributed by atoms with Gasteiger partial charge in [0.05, 0.1) is 13.2 Å². The molecular weight excluding hydrogens is 360 g/mol. The van der Waals surface area contributed by atoms with Gasteiger partial charge in [0, 0.05) is 19.1 Å². The first-order valence-corrected chi connectivity index (χ1v) is 11.4. The molecule has 0 aromatic carbocycles. The van der Waals surface area contributed by atoms with Gasteiger partial charge >= 0.3 is 0 Å². The van der Waals surface area contributed by atoms with Crippen molar-refractivity contribution in [2.75, 3.05) is 26.3 Å². The summed E-state index contributed by atoms with van der Waals surface area (Å²) in [4.78, 5) is 13.1. The van der Waals surface area contributed by atoms with Crippen LogP contribution in [0.2, 0.25) is 0 Å². The Hall–Kier alpha value is -0.960. The number of rotatable bonds is 4. The van der Waals surface area contributed by atoms with E-state index in [4.69, 9.17) is 4.74 Å². The number of amides is 1. The molecule has 25 heavy (non-hydrogen) atoms. The lowest BCUT2D eigenvalue weighted by Crippen LogP contribution is -2.41. The maximum Gasteiger partial charge on any atom is 0.262 e. The van der Waals surface area contributed by atoms with E-state index in [1.54, 1.807) is 11.4 Å². The molecule has 8 heteroatoms. The third kappa shape index (κ3) is 4.61. The summed E-state index contributed by atoms with van der Waals surface area (Å²) in [5.41, 5.74) is 0. The Labute approximate surface area is 153 Å². The van der Waals surface area contributed by atoms with Crippen LogP contribution in [0.3, 0.4) is 0 Å². The molecule has 6 nitrogen and oxygen atoms in total. The van der Waals surface area contributed by atoms with E-state index in [1.165, 1.54) is 34.9 Å². The van der Waals surface area contributed by atoms with E-state index in [9.17, 15) is 13.2 Å². The standard InChI is InChI=1S/C17H26N2O4S2/c20-17(18-14-6-4-2-1-3-5-7-14)16-15(8-13-24-16)25(21,22)19-9-11-23-12-10-19/h8,13-14H,1-7,9-12H2,(H,18,20). The number of thiophene rings is 1. The summed E-state index contributed by atoms with van der Waals surface area (Å²) in [6, 6.07) is 1.69. The van der Waals surface area contributed by atoms with Gasteiger partial charge in [-0.15, -0.1) is 11.3 Å². The Morgan fingerprint density at radius 2 is 1.76 bits per heavy atom. The predicted molar refractivity (Wildman–Crippen MR) is 97.5 cm³/mol. The minimum absolute atomic E-state index is 0.128. The summed E-state index contributed by atoms with van der Waals surface area (Å²) >= 11 is 1.20. The van der Waals surface area contributed by atoms with Crippen molar-refractivity contribution >= 4 is 27.3 Å². The number of hydrogen-bond donors (Lipinski definition) is 1. The van der Waals surface area contributed by atoms with Crippen LogP contribution in [0.1, 0.15) is 54.6 Å². The third-order valence-electron chi connectivity index (χ3n) is 4.86. The van der Waals surface area contributed by atoms with Gasteiger partial charge in [0.15, 0.2) is 0 Å². The maximum absolute atomic E-state index is 12.9. The monoisotopic (exact) mass is 386 g/mol. The molecule has 0 unspecified atom stereocenters. The highest BCUT2D eigenvalue weighted by Gasteiger charge is 2.31. The van der Waals surface area contributed by atoms with Crippen molar-refractivity contribution in [3.05, 3.63) is 16.3 Å². The number of ether oxygens (including phenoxy) is 1. The van der Waals surface area contributed by atoms with Gasteiger partial charge in [0.1, 0.15) is 9.77 Å². The van der Waals surface area contributed by atoms with E-state index >= 15 is 0 Å². The Morgan fingerprint density at radius 1 is 1.12 bits per heavy atom. The van der Waals surface area contributed by atoms with Crippen molar-refractivity contribution in [3.63, 3.8) is 0 Å². The van der Waals surface area contributed by atoms with Gasteiger partial charge in [0.2, 0.25) is 10.0 Å². The maximum atomic E-state index is 12.9. The SMILES string of the molecule is O=C(NC1CCCCCCC1)c1sccc1S(=O)(=O)N1CCOCC1. The Morgan fingerprint density at radius 3 is 2.44 bits per heavy atom. The van der Waals surface area contributed by atoms with Gasteiger partial charge in [-0.05, 0) is 24.3 Å². The summed E-state index contributed by atoms with van der Waals surface area (Å²) in [6.45, 7) is 1.46. The molecule has 0 atom stereocenters. The van der Waals surface area contributed by atoms with Crippen LogP contribution in [0.25, 0.3) is 0 Å². The zero-order valence-corrected chi connectivity index (χ0v) is 16.0. The summed E-state index contributed by atoms with van der Waals surface area (Å²) in [5.74, 6) is -0.257. The second-order valence-electron chi connectivity index (χ2n) is 6.65. The second-order valence-corrected chi connectivity index (χ2v) is 9.47. The zero-order chi connectivity index (χ0) is 17.7. The molecule has 1 aromatic heterocycles. The second kappa shape index (κ2) is 8.62. The van der Waals surface area contributed by atoms with Crippen LogP contribution < -0.4 is 5.32 Å². The van der Waals surface area contributed by atoms with Crippen LogP contribution in [0.4, 0.5) is 0 Å². The summed E-state index contributed by atoms with van der Waals surface area (Å²) in [5, 5.41) is 4.75. The number of hydrogen-bond acceptors (Lipinski definition) is 5. The Bertz CT molecular complexity index is 673. The van der Waals surface area contributed by atoms with Crippen LogP contribution in [-0.2, 0) is 14.8 Å². The zero-order valence-electron chi connectivity index (χ0n) is 14.4. The summed E-state index contributed by atoms with van der Waals surface area (Å²) < 4.78 is 32.4. The van der Waals surface area contributed by atoms with E-state index in [1.807, 2.05) is 0 Å². The molecule has 2 heterocycles. The van der Waals surface area contributed by atoms with Gasteiger partial charge < -0.3 is 10.1 Å². The number of nitrogens with zero attached hydrogens (tertiary/aromatic N) is 1. The molecule has 0 bridgehead atoms. The van der Waals surface area contributed by atoms with E-state index in [0.717, 1.165) is 25.7 Å². The van der Waals surface area contributed by atoms with Gasteiger partial charge in [-0.2, -0.15) is 4.31 Å². The lowest BCUT2D eigenvalue weighted by molar-refractivity contribution is 0.0730. The first kappa shape index (κ1) is 18.8. The predicted octanol–water partition coefficient (Wildman–Crippen LogP) is 2.61. The van der Waals surface area contributed by atoms with Crippen molar-refractivity contribution in [3.8, 4) is 0 Å². The minimum atomic E-state index is -3.65. The van der Waals surface area contributed by atoms with Crippen LogP contribution >= 0.6 is 11.3 Å². The van der Waals surface area contributed by atoms with Crippen LogP contribution in [-0.4, -0.2) is 51.0 Å². The normalized spacial score (nSPS) is 21.4. The van der Waals surface area contributed by atoms with Crippen molar-refractivity contribution in [1.29, 1.82) is 0 Å². The number of sulfonamides is 1. The highest BCUT2D eigenvalue weighted by Crippen LogP contribution is 2.26. The van der Waals surface area contributed by atoms with Gasteiger partial charge in [-0.25, -0.2) is 8.42 Å². The van der Waals surface area contributed by atoms with Gasteiger partial charge in [0.25, 0.3) is 5.91 Å². The lowest BCUT2D eigenvalue weighted by atomic mass is 9.97. The van der Waals surface area contributed by atoms with Crippen molar-refractivity contribution in [2.45, 2.75) is 55.9 Å². The molecule has 1 aliphatic carbocycles. The highest BCUT2D eigenvalue weighted by molar-refractivity contribution is 7.89. The largest absolute Gasteiger partial charge is 0.379 e. The molecule has 140 valence electrons. The fraction of sp³-hybridized carbons (Fsp3) is 0.706. The first-order valence-electron chi connectivity index (χ1n) is 9.05. The van der Waals surface area contributed by atoms with Crippen LogP contribution in [0.15, 0.2) is 16.3 Å². The minimum Gasteiger partial charge on any atom is -0.379 e. The Balaban J connectivity index is 1.72. The molecular formula is C17H26N2O4S2. The van der Waals surface area contributed by atoms with Crippen molar-refractivity contribution in [1.82, 2.24) is 9.62 Å². The molecule has 0 radical (unpaired) electrons. The van der Waals surface area contributed by atoms with E-state index in [-0.39, 0.29) is 16.8 Å². The molecule has 3 rings (SSSR count). The molecule has 1 aromatic rings. The molecule has 1 amide bonds. The molecule has 1 aliphatic heterocycles. The highest BCUT2D eigenvalue weighted by atomic mass is 32.2. The van der Waals surface area contributed by atoms with Gasteiger partial charge in [-0.3, -0.25) is 4.79 Å². The molecule has 2 fully saturated rings. The van der Waals surface area contributed by atoms with E-state index in [0.29, 0.717) is 31.2 Å². The van der Waals surface area contributed by atoms with E-state index < -0.39 is 10.0 Å². The molecule has 1 N–H and O–H groups in total. The summed E-state index contributed by atoms with van der Waals surface area (Å²) in [7, 11) is -3.65. The van der Waals surface area contributed by atoms with Gasteiger partial charge in [-0.1, -0.05) is 32.1 Å². The Kier molecular flexibility index (Phi) is 6.49. The number of carbonyl (C=O) groups is 1. The number of carbonyl (C=O) groups excluding carboxylic acids is 1. The van der Waals surface area contributed by atoms with E-state index in [2.05, 4.69) is 5.32 Å². The quantitative estimate of drug-likeness (QED) is 0.863. The number of nitrogens with one attached hydrogen (secondary N) is 1. The smallest absolute Gasteiger partial charge is 0.262 e. The average Bonchev–Trinajstić information content (AvgIpc) is 3.08. The molecule has 1 saturated heterocycles. The topological polar surface area (TPSA) is 75.7 Å². The third-order valence-corrected chi connectivity index (χ3v) is 7.85. The first-order chi connectivity index (χ1) is 12.1. The molecule has 1 saturated carbocycles. The van der Waals surface area contributed by atoms with Crippen molar-refractivity contribution in [2.24, 2.45) is 0 Å². The fourth-order valence-electron chi connectivity index (χ4n) is 3.44. The van der Waals surface area contributed by atoms with Crippen molar-refractivity contribution < 1.29 is 17.9 Å². The van der Waals surface area contributed by atoms with Crippen LogP contribution in [0.5, 0.6) is 0 Å². The number of morpholine rings is 1.